The van der Waals surface area contributed by atoms with Crippen LogP contribution in [0.4, 0.5) is 11.6 Å². The van der Waals surface area contributed by atoms with Crippen molar-refractivity contribution in [1.82, 2.24) is 15.3 Å². The third-order valence-corrected chi connectivity index (χ3v) is 4.74. The number of imidazole rings is 1. The number of aromatic amines is 1. The Balaban J connectivity index is 0. The van der Waals surface area contributed by atoms with E-state index in [2.05, 4.69) is 25.8 Å². The zero-order valence-corrected chi connectivity index (χ0v) is 24.9. The van der Waals surface area contributed by atoms with Crippen molar-refractivity contribution in [3.8, 4) is 0 Å². The van der Waals surface area contributed by atoms with Crippen molar-refractivity contribution in [2.75, 3.05) is 12.4 Å². The van der Waals surface area contributed by atoms with Crippen molar-refractivity contribution in [3.63, 3.8) is 0 Å². The SMILES string of the molecule is CC.CC.CC.CN=O.Cc1ccc(CNC(=O)C(C)(C)C)cc1Nc1nc2cc(C=O)c(Cl)cc2[nH]1. The summed E-state index contributed by atoms with van der Waals surface area (Å²) < 4.78 is 0. The van der Waals surface area contributed by atoms with Crippen LogP contribution in [0.15, 0.2) is 35.5 Å². The molecule has 37 heavy (non-hydrogen) atoms. The standard InChI is InChI=1S/C21H23ClN4O2.3C2H6.CH3NO/c1-12-5-6-13(10-23-19(28)21(2,3)4)7-16(12)24-20-25-17-8-14(11-27)15(22)9-18(17)26-20;3*1-2;1-2-3/h5-9,11H,10H2,1-4H3,(H,23,28)(H2,24,25,26);3*1-2H3;1H3. The number of aromatic nitrogens is 2. The van der Waals surface area contributed by atoms with Crippen molar-refractivity contribution < 1.29 is 9.59 Å². The number of nitrogens with one attached hydrogen (secondary N) is 3. The second-order valence-electron chi connectivity index (χ2n) is 7.98. The maximum atomic E-state index is 12.1. The second kappa shape index (κ2) is 18.9. The van der Waals surface area contributed by atoms with Crippen LogP contribution in [0.25, 0.3) is 11.0 Å². The first-order valence-electron chi connectivity index (χ1n) is 12.6. The number of aryl methyl sites for hydroxylation is 1. The molecule has 0 aliphatic rings. The predicted molar refractivity (Wildman–Crippen MR) is 158 cm³/mol. The number of H-pyrrole nitrogens is 1. The van der Waals surface area contributed by atoms with Gasteiger partial charge in [0.2, 0.25) is 11.9 Å². The van der Waals surface area contributed by atoms with Gasteiger partial charge in [0.15, 0.2) is 6.29 Å². The Hall–Kier alpha value is -3.26. The van der Waals surface area contributed by atoms with Gasteiger partial charge in [-0.2, -0.15) is 4.91 Å². The molecule has 0 saturated carbocycles. The molecule has 3 N–H and O–H groups in total. The van der Waals surface area contributed by atoms with Crippen LogP contribution in [0.3, 0.4) is 0 Å². The number of hydrogen-bond donors (Lipinski definition) is 3. The lowest BCUT2D eigenvalue weighted by molar-refractivity contribution is -0.128. The first-order valence-corrected chi connectivity index (χ1v) is 13.0. The summed E-state index contributed by atoms with van der Waals surface area (Å²) in [6.07, 6.45) is 0.711. The van der Waals surface area contributed by atoms with Crippen LogP contribution >= 0.6 is 11.6 Å². The molecule has 1 aromatic heterocycles. The number of fused-ring (bicyclic) bond motifs is 1. The fourth-order valence-corrected chi connectivity index (χ4v) is 2.89. The highest BCUT2D eigenvalue weighted by molar-refractivity contribution is 6.33. The molecular formula is C28H44ClN5O3. The highest BCUT2D eigenvalue weighted by Gasteiger charge is 2.20. The number of aldehydes is 1. The van der Waals surface area contributed by atoms with Crippen LogP contribution < -0.4 is 10.6 Å². The van der Waals surface area contributed by atoms with E-state index in [1.54, 1.807) is 12.1 Å². The number of rotatable bonds is 5. The van der Waals surface area contributed by atoms with Crippen LogP contribution in [-0.2, 0) is 11.3 Å². The molecule has 0 fully saturated rings. The summed E-state index contributed by atoms with van der Waals surface area (Å²) in [6.45, 7) is 20.1. The highest BCUT2D eigenvalue weighted by atomic mass is 35.5. The van der Waals surface area contributed by atoms with Crippen LogP contribution in [0, 0.1) is 17.2 Å². The van der Waals surface area contributed by atoms with Gasteiger partial charge in [0.1, 0.15) is 0 Å². The fraction of sp³-hybridized carbons (Fsp3) is 0.464. The highest BCUT2D eigenvalue weighted by Crippen LogP contribution is 2.26. The summed E-state index contributed by atoms with van der Waals surface area (Å²) in [5.41, 5.74) is 4.26. The lowest BCUT2D eigenvalue weighted by Gasteiger charge is -2.18. The van der Waals surface area contributed by atoms with E-state index in [-0.39, 0.29) is 5.91 Å². The van der Waals surface area contributed by atoms with E-state index >= 15 is 0 Å². The molecule has 1 heterocycles. The lowest BCUT2D eigenvalue weighted by Crippen LogP contribution is -2.34. The number of amides is 1. The van der Waals surface area contributed by atoms with Gasteiger partial charge < -0.3 is 15.6 Å². The Morgan fingerprint density at radius 1 is 1.08 bits per heavy atom. The minimum atomic E-state index is -0.429. The lowest BCUT2D eigenvalue weighted by atomic mass is 9.95. The van der Waals surface area contributed by atoms with E-state index in [9.17, 15) is 9.59 Å². The van der Waals surface area contributed by atoms with E-state index in [0.717, 1.165) is 22.3 Å². The molecule has 0 atom stereocenters. The van der Waals surface area contributed by atoms with Gasteiger partial charge in [-0.25, -0.2) is 4.98 Å². The fourth-order valence-electron chi connectivity index (χ4n) is 2.68. The van der Waals surface area contributed by atoms with E-state index in [1.165, 1.54) is 7.05 Å². The Labute approximate surface area is 227 Å². The van der Waals surface area contributed by atoms with Crippen LogP contribution in [0.2, 0.25) is 5.02 Å². The number of nitrogens with zero attached hydrogens (tertiary/aromatic N) is 2. The Morgan fingerprint density at radius 2 is 1.65 bits per heavy atom. The van der Waals surface area contributed by atoms with Gasteiger partial charge in [0.05, 0.1) is 23.1 Å². The third kappa shape index (κ3) is 12.0. The summed E-state index contributed by atoms with van der Waals surface area (Å²) in [5, 5.41) is 8.85. The zero-order chi connectivity index (χ0) is 29.2. The van der Waals surface area contributed by atoms with Gasteiger partial charge in [-0.3, -0.25) is 9.59 Å². The van der Waals surface area contributed by atoms with Gasteiger partial charge in [-0.1, -0.05) is 91.2 Å². The summed E-state index contributed by atoms with van der Waals surface area (Å²) in [4.78, 5) is 39.3. The van der Waals surface area contributed by atoms with Gasteiger partial charge in [0.25, 0.3) is 0 Å². The molecule has 3 aromatic rings. The monoisotopic (exact) mass is 533 g/mol. The molecule has 0 aliphatic heterocycles. The molecular weight excluding hydrogens is 490 g/mol. The second-order valence-corrected chi connectivity index (χ2v) is 8.39. The molecule has 8 nitrogen and oxygen atoms in total. The molecule has 0 spiro atoms. The van der Waals surface area contributed by atoms with Gasteiger partial charge in [0, 0.05) is 23.2 Å². The quantitative estimate of drug-likeness (QED) is 0.225. The number of hydrogen-bond acceptors (Lipinski definition) is 6. The van der Waals surface area contributed by atoms with E-state index in [1.807, 2.05) is 87.4 Å². The van der Waals surface area contributed by atoms with Crippen molar-refractivity contribution >= 4 is 46.5 Å². The molecule has 0 unspecified atom stereocenters. The summed E-state index contributed by atoms with van der Waals surface area (Å²) >= 11 is 6.08. The first kappa shape index (κ1) is 35.9. The molecule has 3 rings (SSSR count). The molecule has 9 heteroatoms. The van der Waals surface area contributed by atoms with E-state index in [4.69, 9.17) is 16.5 Å². The van der Waals surface area contributed by atoms with Crippen molar-refractivity contribution in [2.45, 2.75) is 75.8 Å². The van der Waals surface area contributed by atoms with Crippen LogP contribution in [0.5, 0.6) is 0 Å². The largest absolute Gasteiger partial charge is 0.352 e. The minimum absolute atomic E-state index is 0.00253. The zero-order valence-electron chi connectivity index (χ0n) is 24.2. The summed E-state index contributed by atoms with van der Waals surface area (Å²) in [7, 11) is 1.19. The molecule has 2 aromatic carbocycles. The average Bonchev–Trinajstić information content (AvgIpc) is 3.28. The van der Waals surface area contributed by atoms with Crippen molar-refractivity contribution in [3.05, 3.63) is 57.0 Å². The number of carbonyl (C=O) groups excluding carboxylic acids is 2. The molecule has 0 saturated heterocycles. The maximum absolute atomic E-state index is 12.1. The van der Waals surface area contributed by atoms with Crippen LogP contribution in [0.1, 0.15) is 83.8 Å². The normalized spacial score (nSPS) is 9.51. The molecule has 0 aliphatic carbocycles. The predicted octanol–water partition coefficient (Wildman–Crippen LogP) is 8.20. The Morgan fingerprint density at radius 3 is 2.16 bits per heavy atom. The number of nitroso groups, excluding NO2 is 1. The van der Waals surface area contributed by atoms with E-state index < -0.39 is 5.41 Å². The molecule has 0 bridgehead atoms. The molecule has 0 radical (unpaired) electrons. The number of carbonyl (C=O) groups is 2. The van der Waals surface area contributed by atoms with Crippen molar-refractivity contribution in [2.24, 2.45) is 10.6 Å². The van der Waals surface area contributed by atoms with Gasteiger partial charge in [-0.15, -0.1) is 0 Å². The minimum Gasteiger partial charge on any atom is -0.352 e. The maximum Gasteiger partial charge on any atom is 0.225 e. The molecule has 1 amide bonds. The van der Waals surface area contributed by atoms with Crippen LogP contribution in [-0.4, -0.2) is 29.2 Å². The smallest absolute Gasteiger partial charge is 0.225 e. The number of halogens is 1. The summed E-state index contributed by atoms with van der Waals surface area (Å²) in [5.74, 6) is 0.552. The number of benzene rings is 2. The molecule has 206 valence electrons. The van der Waals surface area contributed by atoms with Gasteiger partial charge in [-0.05, 0) is 36.2 Å². The topological polar surface area (TPSA) is 116 Å². The Bertz CT molecular complexity index is 1110. The first-order chi connectivity index (χ1) is 17.6. The number of anilines is 2. The Kier molecular flexibility index (Phi) is 18.4. The van der Waals surface area contributed by atoms with Gasteiger partial charge >= 0.3 is 0 Å². The summed E-state index contributed by atoms with van der Waals surface area (Å²) in [6, 6.07) is 9.29. The van der Waals surface area contributed by atoms with Crippen molar-refractivity contribution in [1.29, 1.82) is 0 Å². The van der Waals surface area contributed by atoms with E-state index in [0.29, 0.717) is 34.9 Å². The average molecular weight is 534 g/mol. The third-order valence-electron chi connectivity index (χ3n) is 4.42.